The Hall–Kier alpha value is -1.85. The summed E-state index contributed by atoms with van der Waals surface area (Å²) in [5.74, 6) is -0.00799. The van der Waals surface area contributed by atoms with Gasteiger partial charge < -0.3 is 20.8 Å². The molecule has 3 unspecified atom stereocenters. The molecule has 5 nitrogen and oxygen atoms in total. The lowest BCUT2D eigenvalue weighted by Gasteiger charge is -2.65. The van der Waals surface area contributed by atoms with E-state index in [0.717, 1.165) is 36.0 Å². The second-order valence-corrected chi connectivity index (χ2v) is 7.36. The smallest absolute Gasteiger partial charge is 0.245 e. The van der Waals surface area contributed by atoms with Gasteiger partial charge in [0.15, 0.2) is 0 Å². The van der Waals surface area contributed by atoms with Gasteiger partial charge >= 0.3 is 0 Å². The van der Waals surface area contributed by atoms with E-state index < -0.39 is 5.54 Å². The van der Waals surface area contributed by atoms with Crippen molar-refractivity contribution in [2.24, 2.45) is 17.1 Å². The molecule has 5 heteroatoms. The zero-order valence-corrected chi connectivity index (χ0v) is 13.6. The number of carbonyl (C=O) groups excluding carboxylic acids is 1. The fraction of sp³-hybridized carbons (Fsp3) is 0.500. The molecule has 0 bridgehead atoms. The Morgan fingerprint density at radius 2 is 2.22 bits per heavy atom. The van der Waals surface area contributed by atoms with Crippen LogP contribution < -0.4 is 11.1 Å². The summed E-state index contributed by atoms with van der Waals surface area (Å²) in [7, 11) is 0. The van der Waals surface area contributed by atoms with Gasteiger partial charge in [0, 0.05) is 40.7 Å². The second kappa shape index (κ2) is 4.82. The summed E-state index contributed by atoms with van der Waals surface area (Å²) in [6, 6.07) is 7.82. The zero-order chi connectivity index (χ0) is 16.2. The third-order valence-corrected chi connectivity index (χ3v) is 5.87. The first-order valence-corrected chi connectivity index (χ1v) is 8.23. The number of amides is 1. The molecule has 4 N–H and O–H groups in total. The molecule has 1 saturated carbocycles. The zero-order valence-electron chi connectivity index (χ0n) is 13.6. The van der Waals surface area contributed by atoms with E-state index in [1.807, 2.05) is 44.3 Å². The lowest BCUT2D eigenvalue weighted by Crippen LogP contribution is -2.81. The fourth-order valence-electron chi connectivity index (χ4n) is 4.40. The number of hydrogen-bond donors (Lipinski definition) is 3. The molecule has 2 heterocycles. The number of aromatic nitrogens is 1. The molecule has 2 fully saturated rings. The van der Waals surface area contributed by atoms with E-state index >= 15 is 0 Å². The van der Waals surface area contributed by atoms with Crippen LogP contribution in [-0.4, -0.2) is 29.1 Å². The Bertz CT molecular complexity index is 766. The molecule has 1 saturated heterocycles. The largest absolute Gasteiger partial charge is 0.377 e. The van der Waals surface area contributed by atoms with Crippen molar-refractivity contribution in [2.45, 2.75) is 38.3 Å². The number of H-pyrrole nitrogens is 1. The van der Waals surface area contributed by atoms with Crippen LogP contribution >= 0.6 is 0 Å². The first-order valence-electron chi connectivity index (χ1n) is 8.23. The molecule has 1 aromatic heterocycles. The van der Waals surface area contributed by atoms with Crippen molar-refractivity contribution in [2.75, 3.05) is 11.9 Å². The lowest BCUT2D eigenvalue weighted by atomic mass is 9.46. The van der Waals surface area contributed by atoms with Crippen molar-refractivity contribution in [1.29, 1.82) is 0 Å². The predicted molar refractivity (Wildman–Crippen MR) is 90.1 cm³/mol. The van der Waals surface area contributed by atoms with E-state index in [2.05, 4.69) is 10.3 Å². The molecule has 0 spiro atoms. The number of ether oxygens (including phenoxy) is 1. The standard InChI is InChI=1S/C18H23N3O2/c1-17(2)15-13(4-3-9-23-15)18(17,19)16(22)21-12-5-6-14-11(10-12)7-8-20-14/h5-8,10,13,15,20H,3-4,9,19H2,1-2H3,(H,21,22). The average Bonchev–Trinajstić information content (AvgIpc) is 3.01. The van der Waals surface area contributed by atoms with E-state index in [-0.39, 0.29) is 23.3 Å². The van der Waals surface area contributed by atoms with Gasteiger partial charge in [-0.25, -0.2) is 0 Å². The molecule has 3 atom stereocenters. The maximum absolute atomic E-state index is 13.0. The van der Waals surface area contributed by atoms with Crippen LogP contribution in [0.1, 0.15) is 26.7 Å². The molecule has 23 heavy (non-hydrogen) atoms. The predicted octanol–water partition coefficient (Wildman–Crippen LogP) is 2.64. The minimum Gasteiger partial charge on any atom is -0.377 e. The Balaban J connectivity index is 1.60. The third-order valence-electron chi connectivity index (χ3n) is 5.87. The SMILES string of the molecule is CC1(C)C2OCCCC2C1(N)C(=O)Nc1ccc2[nH]ccc2c1. The number of aromatic amines is 1. The second-order valence-electron chi connectivity index (χ2n) is 7.36. The molecule has 1 aromatic carbocycles. The van der Waals surface area contributed by atoms with E-state index in [1.165, 1.54) is 0 Å². The van der Waals surface area contributed by atoms with Gasteiger partial charge in [0.25, 0.3) is 0 Å². The summed E-state index contributed by atoms with van der Waals surface area (Å²) in [6.45, 7) is 4.84. The van der Waals surface area contributed by atoms with E-state index in [9.17, 15) is 4.79 Å². The summed E-state index contributed by atoms with van der Waals surface area (Å²) in [5, 5.41) is 4.09. The van der Waals surface area contributed by atoms with Gasteiger partial charge in [-0.1, -0.05) is 13.8 Å². The number of rotatable bonds is 2. The minimum absolute atomic E-state index is 0.0825. The van der Waals surface area contributed by atoms with Crippen molar-refractivity contribution in [3.05, 3.63) is 30.5 Å². The van der Waals surface area contributed by atoms with Crippen LogP contribution in [0.3, 0.4) is 0 Å². The Morgan fingerprint density at radius 1 is 1.39 bits per heavy atom. The van der Waals surface area contributed by atoms with Crippen molar-refractivity contribution < 1.29 is 9.53 Å². The molecule has 2 aliphatic rings. The van der Waals surface area contributed by atoms with Crippen LogP contribution in [0.15, 0.2) is 30.5 Å². The van der Waals surface area contributed by atoms with Crippen molar-refractivity contribution in [3.63, 3.8) is 0 Å². The van der Waals surface area contributed by atoms with Crippen LogP contribution in [0, 0.1) is 11.3 Å². The molecule has 2 aromatic rings. The molecule has 4 rings (SSSR count). The highest BCUT2D eigenvalue weighted by Crippen LogP contribution is 2.57. The Labute approximate surface area is 135 Å². The normalized spacial score (nSPS) is 32.1. The maximum Gasteiger partial charge on any atom is 0.245 e. The summed E-state index contributed by atoms with van der Waals surface area (Å²) < 4.78 is 5.87. The Kier molecular flexibility index (Phi) is 3.09. The number of carbonyl (C=O) groups is 1. The summed E-state index contributed by atoms with van der Waals surface area (Å²) in [6.07, 6.45) is 3.90. The average molecular weight is 313 g/mol. The van der Waals surface area contributed by atoms with Crippen LogP contribution in [0.2, 0.25) is 0 Å². The highest BCUT2D eigenvalue weighted by atomic mass is 16.5. The van der Waals surface area contributed by atoms with E-state index in [1.54, 1.807) is 0 Å². The van der Waals surface area contributed by atoms with Crippen LogP contribution in [0.5, 0.6) is 0 Å². The molecule has 0 radical (unpaired) electrons. The summed E-state index contributed by atoms with van der Waals surface area (Å²) in [5.41, 5.74) is 7.21. The molecular formula is C18H23N3O2. The first kappa shape index (κ1) is 14.7. The number of fused-ring (bicyclic) bond motifs is 2. The van der Waals surface area contributed by atoms with Gasteiger partial charge in [-0.2, -0.15) is 0 Å². The van der Waals surface area contributed by atoms with Gasteiger partial charge in [-0.05, 0) is 37.1 Å². The summed E-state index contributed by atoms with van der Waals surface area (Å²) in [4.78, 5) is 16.1. The molecule has 122 valence electrons. The highest BCUT2D eigenvalue weighted by molar-refractivity contribution is 6.01. The number of benzene rings is 1. The van der Waals surface area contributed by atoms with Crippen LogP contribution in [0.25, 0.3) is 10.9 Å². The number of nitrogens with one attached hydrogen (secondary N) is 2. The molecule has 1 amide bonds. The Morgan fingerprint density at radius 3 is 3.04 bits per heavy atom. The fourth-order valence-corrected chi connectivity index (χ4v) is 4.40. The van der Waals surface area contributed by atoms with Crippen molar-refractivity contribution in [3.8, 4) is 0 Å². The van der Waals surface area contributed by atoms with Gasteiger partial charge in [0.1, 0.15) is 5.54 Å². The number of hydrogen-bond acceptors (Lipinski definition) is 3. The van der Waals surface area contributed by atoms with Crippen LogP contribution in [0.4, 0.5) is 5.69 Å². The van der Waals surface area contributed by atoms with Gasteiger partial charge in [0.05, 0.1) is 6.10 Å². The third kappa shape index (κ3) is 1.90. The monoisotopic (exact) mass is 313 g/mol. The molecule has 1 aliphatic heterocycles. The number of anilines is 1. The van der Waals surface area contributed by atoms with Crippen LogP contribution in [-0.2, 0) is 9.53 Å². The van der Waals surface area contributed by atoms with Gasteiger partial charge in [-0.3, -0.25) is 4.79 Å². The summed E-state index contributed by atoms with van der Waals surface area (Å²) >= 11 is 0. The topological polar surface area (TPSA) is 80.1 Å². The first-order chi connectivity index (χ1) is 10.9. The van der Waals surface area contributed by atoms with E-state index in [0.29, 0.717) is 0 Å². The highest BCUT2D eigenvalue weighted by Gasteiger charge is 2.70. The quantitative estimate of drug-likeness (QED) is 0.797. The van der Waals surface area contributed by atoms with Crippen molar-refractivity contribution in [1.82, 2.24) is 4.98 Å². The maximum atomic E-state index is 13.0. The van der Waals surface area contributed by atoms with E-state index in [4.69, 9.17) is 10.5 Å². The minimum atomic E-state index is -0.884. The molecule has 1 aliphatic carbocycles. The van der Waals surface area contributed by atoms with Gasteiger partial charge in [-0.15, -0.1) is 0 Å². The van der Waals surface area contributed by atoms with Gasteiger partial charge in [0.2, 0.25) is 5.91 Å². The lowest BCUT2D eigenvalue weighted by molar-refractivity contribution is -0.222. The molecular weight excluding hydrogens is 290 g/mol. The van der Waals surface area contributed by atoms with Crippen molar-refractivity contribution >= 4 is 22.5 Å². The number of nitrogens with two attached hydrogens (primary N) is 1.